The van der Waals surface area contributed by atoms with Crippen molar-refractivity contribution in [2.75, 3.05) is 13.1 Å². The van der Waals surface area contributed by atoms with Crippen molar-refractivity contribution in [3.05, 3.63) is 0 Å². The Kier molecular flexibility index (Phi) is 4.39. The van der Waals surface area contributed by atoms with Gasteiger partial charge < -0.3 is 10.0 Å². The number of carboxylic acid groups (broad SMARTS) is 1. The normalized spacial score (nSPS) is 11.1. The smallest absolute Gasteiger partial charge is 0.471 e. The molecule has 0 aliphatic rings. The van der Waals surface area contributed by atoms with Crippen LogP contribution in [0.25, 0.3) is 0 Å². The first-order valence-electron chi connectivity index (χ1n) is 3.87. The second-order valence-corrected chi connectivity index (χ2v) is 2.62. The van der Waals surface area contributed by atoms with E-state index in [9.17, 15) is 22.8 Å². The van der Waals surface area contributed by atoms with Gasteiger partial charge in [-0.1, -0.05) is 6.92 Å². The summed E-state index contributed by atoms with van der Waals surface area (Å²) in [5, 5.41) is 8.26. The lowest BCUT2D eigenvalue weighted by molar-refractivity contribution is -0.186. The summed E-state index contributed by atoms with van der Waals surface area (Å²) < 4.78 is 35.7. The summed E-state index contributed by atoms with van der Waals surface area (Å²) in [5.41, 5.74) is 0. The van der Waals surface area contributed by atoms with Gasteiger partial charge in [-0.25, -0.2) is 0 Å². The quantitative estimate of drug-likeness (QED) is 0.753. The van der Waals surface area contributed by atoms with Gasteiger partial charge in [0.1, 0.15) is 6.54 Å². The van der Waals surface area contributed by atoms with Crippen molar-refractivity contribution in [2.24, 2.45) is 0 Å². The van der Waals surface area contributed by atoms with Gasteiger partial charge in [-0.15, -0.1) is 0 Å². The minimum absolute atomic E-state index is 0.218. The molecule has 4 nitrogen and oxygen atoms in total. The third kappa shape index (κ3) is 4.11. The molecule has 0 aromatic carbocycles. The zero-order valence-electron chi connectivity index (χ0n) is 7.47. The van der Waals surface area contributed by atoms with Crippen LogP contribution in [0, 0.1) is 0 Å². The van der Waals surface area contributed by atoms with Crippen molar-refractivity contribution in [3.63, 3.8) is 0 Å². The number of nitrogens with zero attached hydrogens (tertiary/aromatic N) is 1. The fourth-order valence-corrected chi connectivity index (χ4v) is 0.865. The lowest BCUT2D eigenvalue weighted by Crippen LogP contribution is -2.44. The topological polar surface area (TPSA) is 57.6 Å². The fraction of sp³-hybridized carbons (Fsp3) is 0.714. The van der Waals surface area contributed by atoms with Gasteiger partial charge in [0, 0.05) is 6.54 Å². The predicted octanol–water partition coefficient (Wildman–Crippen LogP) is 0.872. The summed E-state index contributed by atoms with van der Waals surface area (Å²) in [5.74, 6) is -3.57. The van der Waals surface area contributed by atoms with Crippen LogP contribution < -0.4 is 0 Å². The van der Waals surface area contributed by atoms with Crippen LogP contribution in [0.2, 0.25) is 0 Å². The maximum Gasteiger partial charge on any atom is 0.471 e. The molecule has 0 fully saturated rings. The van der Waals surface area contributed by atoms with E-state index in [-0.39, 0.29) is 17.9 Å². The van der Waals surface area contributed by atoms with Gasteiger partial charge in [-0.05, 0) is 6.42 Å². The van der Waals surface area contributed by atoms with Crippen LogP contribution >= 0.6 is 0 Å². The first-order chi connectivity index (χ1) is 6.29. The number of rotatable bonds is 4. The second-order valence-electron chi connectivity index (χ2n) is 2.62. The van der Waals surface area contributed by atoms with Crippen molar-refractivity contribution in [1.82, 2.24) is 4.90 Å². The number of carboxylic acids is 1. The number of carbonyl (C=O) groups excluding carboxylic acids is 1. The first-order valence-corrected chi connectivity index (χ1v) is 3.87. The Bertz CT molecular complexity index is 227. The van der Waals surface area contributed by atoms with E-state index in [4.69, 9.17) is 5.11 Å². The average molecular weight is 213 g/mol. The molecule has 0 rings (SSSR count). The molecular weight excluding hydrogens is 203 g/mol. The van der Waals surface area contributed by atoms with Crippen LogP contribution in [0.1, 0.15) is 13.3 Å². The van der Waals surface area contributed by atoms with Crippen molar-refractivity contribution in [2.45, 2.75) is 19.5 Å². The predicted molar refractivity (Wildman–Crippen MR) is 40.6 cm³/mol. The van der Waals surface area contributed by atoms with Gasteiger partial charge in [0.15, 0.2) is 0 Å². The molecule has 1 amide bonds. The summed E-state index contributed by atoms with van der Waals surface area (Å²) in [6.07, 6.45) is -4.74. The van der Waals surface area contributed by atoms with E-state index in [0.29, 0.717) is 0 Å². The molecule has 14 heavy (non-hydrogen) atoms. The summed E-state index contributed by atoms with van der Waals surface area (Å²) in [7, 11) is 0. The van der Waals surface area contributed by atoms with Gasteiger partial charge in [0.05, 0.1) is 0 Å². The number of hydrogen-bond donors (Lipinski definition) is 1. The molecule has 0 atom stereocenters. The average Bonchev–Trinajstić information content (AvgIpc) is 2.00. The minimum atomic E-state index is -5.01. The molecule has 0 aliphatic heterocycles. The monoisotopic (exact) mass is 213 g/mol. The van der Waals surface area contributed by atoms with Crippen LogP contribution in [0.3, 0.4) is 0 Å². The van der Waals surface area contributed by atoms with Crippen LogP contribution in [0.4, 0.5) is 13.2 Å². The lowest BCUT2D eigenvalue weighted by Gasteiger charge is -2.20. The van der Waals surface area contributed by atoms with Gasteiger partial charge in [0.2, 0.25) is 0 Å². The Morgan fingerprint density at radius 3 is 2.14 bits per heavy atom. The van der Waals surface area contributed by atoms with E-state index >= 15 is 0 Å². The Morgan fingerprint density at radius 1 is 1.36 bits per heavy atom. The number of hydrogen-bond acceptors (Lipinski definition) is 2. The number of alkyl halides is 3. The first kappa shape index (κ1) is 12.7. The van der Waals surface area contributed by atoms with Crippen molar-refractivity contribution >= 4 is 11.9 Å². The van der Waals surface area contributed by atoms with Gasteiger partial charge >= 0.3 is 18.1 Å². The molecule has 0 aliphatic carbocycles. The van der Waals surface area contributed by atoms with Crippen LogP contribution in [-0.4, -0.2) is 41.1 Å². The van der Waals surface area contributed by atoms with Crippen molar-refractivity contribution in [1.29, 1.82) is 0 Å². The summed E-state index contributed by atoms with van der Waals surface area (Å²) in [6, 6.07) is 0. The molecule has 0 heterocycles. The second kappa shape index (κ2) is 4.83. The Balaban J connectivity index is 4.49. The van der Waals surface area contributed by atoms with E-state index in [1.54, 1.807) is 6.92 Å². The molecule has 1 N–H and O–H groups in total. The molecule has 82 valence electrons. The number of carbonyl (C=O) groups is 2. The summed E-state index contributed by atoms with van der Waals surface area (Å²) >= 11 is 0. The van der Waals surface area contributed by atoms with E-state index in [1.807, 2.05) is 0 Å². The van der Waals surface area contributed by atoms with Gasteiger partial charge in [-0.3, -0.25) is 9.59 Å². The molecule has 0 saturated carbocycles. The van der Waals surface area contributed by atoms with Gasteiger partial charge in [0.25, 0.3) is 0 Å². The Labute approximate surface area is 78.3 Å². The highest BCUT2D eigenvalue weighted by atomic mass is 19.4. The highest BCUT2D eigenvalue weighted by Gasteiger charge is 2.42. The van der Waals surface area contributed by atoms with Crippen LogP contribution in [0.15, 0.2) is 0 Å². The highest BCUT2D eigenvalue weighted by Crippen LogP contribution is 2.18. The highest BCUT2D eigenvalue weighted by molar-refractivity contribution is 5.85. The lowest BCUT2D eigenvalue weighted by atomic mass is 10.3. The Hall–Kier alpha value is -1.27. The molecule has 0 saturated heterocycles. The maximum absolute atomic E-state index is 11.9. The van der Waals surface area contributed by atoms with E-state index < -0.39 is 24.6 Å². The zero-order valence-corrected chi connectivity index (χ0v) is 7.47. The number of aliphatic carboxylic acids is 1. The van der Waals surface area contributed by atoms with E-state index in [1.165, 1.54) is 0 Å². The van der Waals surface area contributed by atoms with Crippen molar-refractivity contribution < 1.29 is 27.9 Å². The molecule has 0 spiro atoms. The maximum atomic E-state index is 11.9. The molecular formula is C7H10F3NO3. The van der Waals surface area contributed by atoms with Crippen LogP contribution in [0.5, 0.6) is 0 Å². The SMILES string of the molecule is CCCN(CC(=O)O)C(=O)C(F)(F)F. The van der Waals surface area contributed by atoms with Crippen molar-refractivity contribution in [3.8, 4) is 0 Å². The zero-order chi connectivity index (χ0) is 11.4. The molecule has 0 unspecified atom stereocenters. The van der Waals surface area contributed by atoms with Crippen LogP contribution in [-0.2, 0) is 9.59 Å². The Morgan fingerprint density at radius 2 is 1.86 bits per heavy atom. The number of amides is 1. The molecule has 0 radical (unpaired) electrons. The molecule has 7 heteroatoms. The largest absolute Gasteiger partial charge is 0.480 e. The summed E-state index contributed by atoms with van der Waals surface area (Å²) in [6.45, 7) is 0.412. The van der Waals surface area contributed by atoms with E-state index in [2.05, 4.69) is 0 Å². The summed E-state index contributed by atoms with van der Waals surface area (Å²) in [4.78, 5) is 21.0. The molecule has 0 aromatic heterocycles. The molecule has 0 bridgehead atoms. The third-order valence-electron chi connectivity index (χ3n) is 1.35. The fourth-order valence-electron chi connectivity index (χ4n) is 0.865. The molecule has 0 aromatic rings. The standard InChI is InChI=1S/C7H10F3NO3/c1-2-3-11(4-5(12)13)6(14)7(8,9)10/h2-4H2,1H3,(H,12,13). The number of halogens is 3. The van der Waals surface area contributed by atoms with Gasteiger partial charge in [-0.2, -0.15) is 13.2 Å². The minimum Gasteiger partial charge on any atom is -0.480 e. The van der Waals surface area contributed by atoms with E-state index in [0.717, 1.165) is 0 Å². The third-order valence-corrected chi connectivity index (χ3v) is 1.35.